The molecule has 1 fully saturated rings. The van der Waals surface area contributed by atoms with Crippen molar-refractivity contribution >= 4 is 29.1 Å². The average Bonchev–Trinajstić information content (AvgIpc) is 3.16. The molecule has 2 heterocycles. The van der Waals surface area contributed by atoms with Crippen LogP contribution < -0.4 is 9.64 Å². The molecule has 0 saturated carbocycles. The van der Waals surface area contributed by atoms with Crippen LogP contribution >= 0.6 is 11.6 Å². The van der Waals surface area contributed by atoms with Gasteiger partial charge in [-0.05, 0) is 35.9 Å². The molecule has 0 unspecified atom stereocenters. The molecule has 0 N–H and O–H groups in total. The topological polar surface area (TPSA) is 74.6 Å². The fourth-order valence-corrected chi connectivity index (χ4v) is 3.33. The second kappa shape index (κ2) is 6.42. The molecule has 2 aliphatic rings. The van der Waals surface area contributed by atoms with Gasteiger partial charge in [-0.25, -0.2) is 4.90 Å². The number of anilines is 1. The number of carbonyl (C=O) groups excluding carboxylic acids is 2. The van der Waals surface area contributed by atoms with Crippen LogP contribution in [0.3, 0.4) is 0 Å². The summed E-state index contributed by atoms with van der Waals surface area (Å²) < 4.78 is 5.14. The van der Waals surface area contributed by atoms with Crippen LogP contribution in [0.4, 0.5) is 5.69 Å². The molecule has 2 atom stereocenters. The lowest BCUT2D eigenvalue weighted by Gasteiger charge is -2.20. The van der Waals surface area contributed by atoms with Gasteiger partial charge in [0, 0.05) is 5.02 Å². The highest BCUT2D eigenvalue weighted by atomic mass is 35.5. The van der Waals surface area contributed by atoms with Gasteiger partial charge in [0.25, 0.3) is 11.8 Å². The van der Waals surface area contributed by atoms with E-state index < -0.39 is 12.1 Å². The fraction of sp³-hybridized carbons (Fsp3) is 0.222. The number of ether oxygens (including phenoxy) is 1. The third-order valence-corrected chi connectivity index (χ3v) is 4.66. The highest BCUT2D eigenvalue weighted by Gasteiger charge is 2.54. The van der Waals surface area contributed by atoms with Crippen molar-refractivity contribution in [2.45, 2.75) is 18.6 Å². The first-order chi connectivity index (χ1) is 12.6. The maximum absolute atomic E-state index is 12.9. The Morgan fingerprint density at radius 2 is 1.88 bits per heavy atom. The van der Waals surface area contributed by atoms with Crippen LogP contribution in [-0.2, 0) is 16.1 Å². The first kappa shape index (κ1) is 16.5. The maximum atomic E-state index is 12.9. The van der Waals surface area contributed by atoms with Crippen molar-refractivity contribution < 1.29 is 14.3 Å². The van der Waals surface area contributed by atoms with Crippen LogP contribution in [0.5, 0.6) is 5.75 Å². The van der Waals surface area contributed by atoms with Crippen LogP contribution in [0.15, 0.2) is 58.9 Å². The monoisotopic (exact) mass is 370 g/mol. The summed E-state index contributed by atoms with van der Waals surface area (Å²) in [4.78, 5) is 26.7. The minimum Gasteiger partial charge on any atom is -0.497 e. The molecular formula is C18H15ClN4O3. The van der Waals surface area contributed by atoms with Gasteiger partial charge in [-0.15, -0.1) is 0 Å². The summed E-state index contributed by atoms with van der Waals surface area (Å²) in [6.45, 7) is 0.372. The number of halogens is 1. The summed E-state index contributed by atoms with van der Waals surface area (Å²) in [7, 11) is 1.60. The zero-order valence-electron chi connectivity index (χ0n) is 13.9. The van der Waals surface area contributed by atoms with Crippen molar-refractivity contribution in [2.75, 3.05) is 12.0 Å². The molecule has 2 amide bonds. The van der Waals surface area contributed by atoms with Crippen LogP contribution in [0.1, 0.15) is 5.56 Å². The Bertz CT molecular complexity index is 900. The first-order valence-corrected chi connectivity index (χ1v) is 8.40. The minimum atomic E-state index is -0.820. The van der Waals surface area contributed by atoms with E-state index in [9.17, 15) is 9.59 Å². The summed E-state index contributed by atoms with van der Waals surface area (Å²) in [5.41, 5.74) is 1.38. The molecule has 0 radical (unpaired) electrons. The van der Waals surface area contributed by atoms with E-state index in [-0.39, 0.29) is 11.8 Å². The van der Waals surface area contributed by atoms with E-state index in [1.165, 1.54) is 0 Å². The molecule has 7 nitrogen and oxygen atoms in total. The molecule has 2 aromatic carbocycles. The highest BCUT2D eigenvalue weighted by molar-refractivity contribution is 6.31. The van der Waals surface area contributed by atoms with E-state index in [0.29, 0.717) is 17.3 Å². The van der Waals surface area contributed by atoms with E-state index in [0.717, 1.165) is 16.2 Å². The molecule has 8 heteroatoms. The summed E-state index contributed by atoms with van der Waals surface area (Å²) in [5.74, 6) is 0.0120. The fourth-order valence-electron chi connectivity index (χ4n) is 3.14. The number of methoxy groups -OCH3 is 1. The molecule has 4 rings (SSSR count). The zero-order valence-corrected chi connectivity index (χ0v) is 14.6. The number of carbonyl (C=O) groups is 2. The zero-order chi connectivity index (χ0) is 18.3. The van der Waals surface area contributed by atoms with Gasteiger partial charge in [0.05, 0.1) is 19.3 Å². The van der Waals surface area contributed by atoms with Crippen molar-refractivity contribution in [1.82, 2.24) is 5.01 Å². The lowest BCUT2D eigenvalue weighted by molar-refractivity contribution is -0.123. The van der Waals surface area contributed by atoms with Crippen molar-refractivity contribution in [3.63, 3.8) is 0 Å². The van der Waals surface area contributed by atoms with Crippen molar-refractivity contribution in [3.05, 3.63) is 59.1 Å². The summed E-state index contributed by atoms with van der Waals surface area (Å²) in [5, 5.41) is 10.1. The number of hydrogen-bond donors (Lipinski definition) is 0. The Morgan fingerprint density at radius 1 is 1.12 bits per heavy atom. The van der Waals surface area contributed by atoms with Gasteiger partial charge in [-0.2, -0.15) is 5.11 Å². The first-order valence-electron chi connectivity index (χ1n) is 8.02. The second-order valence-electron chi connectivity index (χ2n) is 6.03. The van der Waals surface area contributed by atoms with E-state index in [1.807, 2.05) is 24.3 Å². The van der Waals surface area contributed by atoms with Gasteiger partial charge in [-0.1, -0.05) is 35.0 Å². The van der Waals surface area contributed by atoms with Gasteiger partial charge in [0.2, 0.25) is 0 Å². The van der Waals surface area contributed by atoms with Gasteiger partial charge in [-0.3, -0.25) is 14.6 Å². The van der Waals surface area contributed by atoms with E-state index >= 15 is 0 Å². The Hall–Kier alpha value is -2.93. The van der Waals surface area contributed by atoms with Crippen molar-refractivity contribution in [3.8, 4) is 5.75 Å². The summed E-state index contributed by atoms with van der Waals surface area (Å²) in [6, 6.07) is 12.5. The van der Waals surface area contributed by atoms with Gasteiger partial charge >= 0.3 is 0 Å². The average molecular weight is 371 g/mol. The summed E-state index contributed by atoms with van der Waals surface area (Å²) in [6.07, 6.45) is 0. The second-order valence-corrected chi connectivity index (χ2v) is 6.47. The lowest BCUT2D eigenvalue weighted by Crippen LogP contribution is -2.39. The summed E-state index contributed by atoms with van der Waals surface area (Å²) >= 11 is 5.99. The molecule has 26 heavy (non-hydrogen) atoms. The molecule has 132 valence electrons. The van der Waals surface area contributed by atoms with Crippen LogP contribution in [0.2, 0.25) is 5.02 Å². The number of benzene rings is 2. The molecule has 2 aromatic rings. The third-order valence-electron chi connectivity index (χ3n) is 4.43. The molecular weight excluding hydrogens is 356 g/mol. The highest BCUT2D eigenvalue weighted by Crippen LogP contribution is 2.33. The number of imide groups is 1. The van der Waals surface area contributed by atoms with Crippen LogP contribution in [0, 0.1) is 0 Å². The van der Waals surface area contributed by atoms with Gasteiger partial charge in [0.1, 0.15) is 5.75 Å². The third kappa shape index (κ3) is 2.70. The van der Waals surface area contributed by atoms with Crippen molar-refractivity contribution in [1.29, 1.82) is 0 Å². The molecule has 0 aromatic heterocycles. The molecule has 1 saturated heterocycles. The van der Waals surface area contributed by atoms with E-state index in [1.54, 1.807) is 36.4 Å². The predicted octanol–water partition coefficient (Wildman–Crippen LogP) is 2.84. The van der Waals surface area contributed by atoms with E-state index in [4.69, 9.17) is 16.3 Å². The molecule has 0 aliphatic carbocycles. The van der Waals surface area contributed by atoms with Crippen molar-refractivity contribution in [2.24, 2.45) is 10.3 Å². The number of nitrogens with zero attached hydrogens (tertiary/aromatic N) is 4. The number of amides is 2. The Labute approximate surface area is 154 Å². The van der Waals surface area contributed by atoms with Crippen LogP contribution in [0.25, 0.3) is 0 Å². The quantitative estimate of drug-likeness (QED) is 0.775. The van der Waals surface area contributed by atoms with Crippen LogP contribution in [-0.4, -0.2) is 36.0 Å². The molecule has 0 bridgehead atoms. The number of fused-ring (bicyclic) bond motifs is 1. The smallest absolute Gasteiger partial charge is 0.263 e. The molecule has 0 spiro atoms. The normalized spacial score (nSPS) is 21.5. The lowest BCUT2D eigenvalue weighted by atomic mass is 10.1. The van der Waals surface area contributed by atoms with Gasteiger partial charge < -0.3 is 4.74 Å². The SMILES string of the molecule is COc1ccc(CN2N=N[C@@H]3C(=O)N(c4cccc(Cl)c4)C(=O)[C@@H]32)cc1. The number of hydrogen-bond acceptors (Lipinski definition) is 6. The Balaban J connectivity index is 1.57. The van der Waals surface area contributed by atoms with E-state index in [2.05, 4.69) is 10.3 Å². The standard InChI is InChI=1S/C18H15ClN4O3/c1-26-14-7-5-11(6-8-14)10-22-16-15(20-21-22)17(24)23(18(16)25)13-4-2-3-12(19)9-13/h2-9,15-16H,10H2,1H3/t15-,16+/m0/s1. The largest absolute Gasteiger partial charge is 0.497 e. The molecule has 2 aliphatic heterocycles. The number of rotatable bonds is 4. The van der Waals surface area contributed by atoms with Gasteiger partial charge in [0.15, 0.2) is 12.1 Å². The maximum Gasteiger partial charge on any atom is 0.263 e. The Morgan fingerprint density at radius 3 is 2.58 bits per heavy atom. The predicted molar refractivity (Wildman–Crippen MR) is 94.9 cm³/mol. The Kier molecular flexibility index (Phi) is 4.08. The minimum absolute atomic E-state index is 0.347.